The van der Waals surface area contributed by atoms with Gasteiger partial charge in [0, 0.05) is 10.6 Å². The molecule has 20 heavy (non-hydrogen) atoms. The molecule has 2 rings (SSSR count). The van der Waals surface area contributed by atoms with Crippen molar-refractivity contribution in [2.75, 3.05) is 0 Å². The lowest BCUT2D eigenvalue weighted by Crippen LogP contribution is -2.17. The number of hydrogen-bond donors (Lipinski definition) is 1. The lowest BCUT2D eigenvalue weighted by molar-refractivity contribution is -0.274. The second kappa shape index (κ2) is 5.73. The van der Waals surface area contributed by atoms with Gasteiger partial charge in [0.15, 0.2) is 0 Å². The molecule has 0 fully saturated rings. The van der Waals surface area contributed by atoms with E-state index >= 15 is 0 Å². The summed E-state index contributed by atoms with van der Waals surface area (Å²) in [7, 11) is 0. The van der Waals surface area contributed by atoms with E-state index in [4.69, 9.17) is 11.6 Å². The zero-order valence-electron chi connectivity index (χ0n) is 10.1. The third kappa shape index (κ3) is 3.65. The summed E-state index contributed by atoms with van der Waals surface area (Å²) in [6.45, 7) is 0. The van der Waals surface area contributed by atoms with Crippen LogP contribution in [0.15, 0.2) is 48.5 Å². The van der Waals surface area contributed by atoms with E-state index in [-0.39, 0.29) is 11.3 Å². The first-order valence-electron chi connectivity index (χ1n) is 5.65. The van der Waals surface area contributed by atoms with Gasteiger partial charge < -0.3 is 9.84 Å². The van der Waals surface area contributed by atoms with Gasteiger partial charge in [0.1, 0.15) is 11.9 Å². The summed E-state index contributed by atoms with van der Waals surface area (Å²) in [5, 5.41) is 10.5. The zero-order valence-corrected chi connectivity index (χ0v) is 10.8. The van der Waals surface area contributed by atoms with Crippen LogP contribution in [0, 0.1) is 0 Å². The molecule has 0 bridgehead atoms. The normalized spacial score (nSPS) is 13.1. The van der Waals surface area contributed by atoms with Crippen LogP contribution in [0.2, 0.25) is 5.02 Å². The monoisotopic (exact) mass is 302 g/mol. The van der Waals surface area contributed by atoms with Crippen LogP contribution in [0.5, 0.6) is 5.75 Å². The van der Waals surface area contributed by atoms with E-state index in [0.29, 0.717) is 10.6 Å². The lowest BCUT2D eigenvalue weighted by Gasteiger charge is -2.15. The van der Waals surface area contributed by atoms with Crippen LogP contribution in [0.25, 0.3) is 0 Å². The molecule has 0 heterocycles. The van der Waals surface area contributed by atoms with Crippen molar-refractivity contribution in [1.82, 2.24) is 0 Å². The third-order valence-electron chi connectivity index (χ3n) is 2.61. The number of rotatable bonds is 3. The van der Waals surface area contributed by atoms with Gasteiger partial charge in [-0.25, -0.2) is 0 Å². The predicted molar refractivity (Wildman–Crippen MR) is 68.6 cm³/mol. The van der Waals surface area contributed by atoms with Gasteiger partial charge in [-0.15, -0.1) is 13.2 Å². The number of aliphatic hydroxyl groups is 1. The summed E-state index contributed by atoms with van der Waals surface area (Å²) < 4.78 is 40.3. The van der Waals surface area contributed by atoms with E-state index < -0.39 is 12.5 Å². The number of benzene rings is 2. The highest BCUT2D eigenvalue weighted by molar-refractivity contribution is 6.31. The Morgan fingerprint density at radius 2 is 1.75 bits per heavy atom. The highest BCUT2D eigenvalue weighted by Gasteiger charge is 2.31. The summed E-state index contributed by atoms with van der Waals surface area (Å²) in [5.74, 6) is -0.388. The van der Waals surface area contributed by atoms with Gasteiger partial charge in [0.2, 0.25) is 0 Å². The van der Waals surface area contributed by atoms with E-state index in [2.05, 4.69) is 4.74 Å². The molecule has 2 aromatic carbocycles. The van der Waals surface area contributed by atoms with Gasteiger partial charge in [0.25, 0.3) is 0 Å². The quantitative estimate of drug-likeness (QED) is 0.915. The van der Waals surface area contributed by atoms with Crippen molar-refractivity contribution in [3.8, 4) is 5.75 Å². The largest absolute Gasteiger partial charge is 0.573 e. The molecule has 0 aliphatic carbocycles. The maximum absolute atomic E-state index is 12.2. The Kier molecular flexibility index (Phi) is 4.20. The molecule has 1 N–H and O–H groups in total. The van der Waals surface area contributed by atoms with Crippen molar-refractivity contribution in [2.45, 2.75) is 12.5 Å². The Morgan fingerprint density at radius 3 is 2.40 bits per heavy atom. The average molecular weight is 303 g/mol. The van der Waals surface area contributed by atoms with E-state index in [9.17, 15) is 18.3 Å². The van der Waals surface area contributed by atoms with Crippen molar-refractivity contribution in [1.29, 1.82) is 0 Å². The van der Waals surface area contributed by atoms with Crippen LogP contribution in [-0.2, 0) is 0 Å². The van der Waals surface area contributed by atoms with E-state index in [1.165, 1.54) is 12.1 Å². The number of ether oxygens (including phenoxy) is 1. The molecular formula is C14H10ClF3O2. The molecule has 0 saturated heterocycles. The summed E-state index contributed by atoms with van der Waals surface area (Å²) >= 11 is 5.94. The molecule has 0 aliphatic rings. The van der Waals surface area contributed by atoms with Crippen LogP contribution in [0.1, 0.15) is 17.2 Å². The van der Waals surface area contributed by atoms with E-state index in [1.54, 1.807) is 24.3 Å². The molecular weight excluding hydrogens is 293 g/mol. The summed E-state index contributed by atoms with van der Waals surface area (Å²) in [4.78, 5) is 0. The summed E-state index contributed by atoms with van der Waals surface area (Å²) in [5.41, 5.74) is 0.679. The molecule has 2 nitrogen and oxygen atoms in total. The lowest BCUT2D eigenvalue weighted by atomic mass is 10.0. The van der Waals surface area contributed by atoms with Crippen LogP contribution >= 0.6 is 11.6 Å². The number of alkyl halides is 3. The highest BCUT2D eigenvalue weighted by Crippen LogP contribution is 2.31. The zero-order chi connectivity index (χ0) is 14.8. The van der Waals surface area contributed by atoms with Crippen LogP contribution in [0.4, 0.5) is 13.2 Å². The predicted octanol–water partition coefficient (Wildman–Crippen LogP) is 4.32. The van der Waals surface area contributed by atoms with Crippen molar-refractivity contribution in [3.63, 3.8) is 0 Å². The van der Waals surface area contributed by atoms with Gasteiger partial charge in [-0.3, -0.25) is 0 Å². The second-order valence-corrected chi connectivity index (χ2v) is 4.45. The second-order valence-electron chi connectivity index (χ2n) is 4.04. The molecule has 6 heteroatoms. The number of hydrogen-bond acceptors (Lipinski definition) is 2. The first-order chi connectivity index (χ1) is 9.37. The first kappa shape index (κ1) is 14.7. The van der Waals surface area contributed by atoms with Gasteiger partial charge >= 0.3 is 6.36 Å². The Balaban J connectivity index is 2.29. The minimum absolute atomic E-state index is 0.264. The summed E-state index contributed by atoms with van der Waals surface area (Å²) in [6.07, 6.45) is -5.89. The fourth-order valence-corrected chi connectivity index (χ4v) is 2.00. The van der Waals surface area contributed by atoms with Crippen LogP contribution in [0.3, 0.4) is 0 Å². The van der Waals surface area contributed by atoms with E-state index in [1.807, 2.05) is 0 Å². The standard InChI is InChI=1S/C14H10ClF3O2/c15-12-7-2-1-6-11(12)13(19)9-4-3-5-10(8-9)20-14(16,17)18/h1-8,13,19H. The Labute approximate surface area is 118 Å². The Morgan fingerprint density at radius 1 is 1.05 bits per heavy atom. The Hall–Kier alpha value is -1.72. The fraction of sp³-hybridized carbons (Fsp3) is 0.143. The minimum Gasteiger partial charge on any atom is -0.406 e. The summed E-state index contributed by atoms with van der Waals surface area (Å²) in [6, 6.07) is 11.7. The van der Waals surface area contributed by atoms with E-state index in [0.717, 1.165) is 12.1 Å². The minimum atomic E-state index is -4.77. The smallest absolute Gasteiger partial charge is 0.406 e. The Bertz CT molecular complexity index is 599. The van der Waals surface area contributed by atoms with Crippen LogP contribution < -0.4 is 4.74 Å². The molecule has 1 atom stereocenters. The van der Waals surface area contributed by atoms with Gasteiger partial charge in [-0.05, 0) is 23.8 Å². The SMILES string of the molecule is OC(c1cccc(OC(F)(F)F)c1)c1ccccc1Cl. The maximum Gasteiger partial charge on any atom is 0.573 e. The molecule has 0 aromatic heterocycles. The molecule has 0 radical (unpaired) electrons. The fourth-order valence-electron chi connectivity index (χ4n) is 1.76. The number of halogens is 4. The van der Waals surface area contributed by atoms with Crippen molar-refractivity contribution in [3.05, 3.63) is 64.7 Å². The molecule has 0 amide bonds. The average Bonchev–Trinajstić information content (AvgIpc) is 2.37. The maximum atomic E-state index is 12.2. The molecule has 106 valence electrons. The molecule has 2 aromatic rings. The third-order valence-corrected chi connectivity index (χ3v) is 2.95. The molecule has 0 saturated carbocycles. The molecule has 0 spiro atoms. The van der Waals surface area contributed by atoms with Gasteiger partial charge in [-0.2, -0.15) is 0 Å². The van der Waals surface area contributed by atoms with Gasteiger partial charge in [-0.1, -0.05) is 41.9 Å². The number of aliphatic hydroxyl groups excluding tert-OH is 1. The van der Waals surface area contributed by atoms with Crippen molar-refractivity contribution in [2.24, 2.45) is 0 Å². The molecule has 1 unspecified atom stereocenters. The van der Waals surface area contributed by atoms with Crippen molar-refractivity contribution < 1.29 is 23.0 Å². The van der Waals surface area contributed by atoms with Crippen molar-refractivity contribution >= 4 is 11.6 Å². The molecule has 0 aliphatic heterocycles. The topological polar surface area (TPSA) is 29.5 Å². The van der Waals surface area contributed by atoms with Gasteiger partial charge in [0.05, 0.1) is 0 Å². The highest BCUT2D eigenvalue weighted by atomic mass is 35.5. The van der Waals surface area contributed by atoms with Crippen LogP contribution in [-0.4, -0.2) is 11.5 Å². The first-order valence-corrected chi connectivity index (χ1v) is 6.03.